The van der Waals surface area contributed by atoms with Crippen molar-refractivity contribution in [2.24, 2.45) is 5.92 Å². The summed E-state index contributed by atoms with van der Waals surface area (Å²) in [5, 5.41) is 17.8. The molecule has 1 rings (SSSR count). The Hall–Kier alpha value is -0.0800. The Kier molecular flexibility index (Phi) is 3.87. The molecule has 0 radical (unpaired) electrons. The zero-order valence-electron chi connectivity index (χ0n) is 7.00. The van der Waals surface area contributed by atoms with Gasteiger partial charge in [-0.3, -0.25) is 0 Å². The third-order valence-electron chi connectivity index (χ3n) is 2.54. The number of aliphatic hydroxyl groups is 2. The summed E-state index contributed by atoms with van der Waals surface area (Å²) in [6.45, 7) is -0.0729. The van der Waals surface area contributed by atoms with E-state index in [-0.39, 0.29) is 6.61 Å². The Labute approximate surface area is 68.2 Å². The first-order valence-electron chi connectivity index (χ1n) is 4.62. The SMILES string of the molecule is OCC(O)CC1CCCCC1. The van der Waals surface area contributed by atoms with Gasteiger partial charge in [-0.2, -0.15) is 0 Å². The summed E-state index contributed by atoms with van der Waals surface area (Å²) in [6, 6.07) is 0. The molecule has 0 saturated heterocycles. The summed E-state index contributed by atoms with van der Waals surface area (Å²) < 4.78 is 0. The lowest BCUT2D eigenvalue weighted by Crippen LogP contribution is -2.18. The summed E-state index contributed by atoms with van der Waals surface area (Å²) in [5.74, 6) is 0.672. The largest absolute Gasteiger partial charge is 0.394 e. The number of rotatable bonds is 3. The topological polar surface area (TPSA) is 40.5 Å². The van der Waals surface area contributed by atoms with Gasteiger partial charge in [-0.1, -0.05) is 32.1 Å². The first kappa shape index (κ1) is 9.01. The van der Waals surface area contributed by atoms with E-state index in [9.17, 15) is 0 Å². The van der Waals surface area contributed by atoms with Crippen LogP contribution in [0.2, 0.25) is 0 Å². The molecule has 1 atom stereocenters. The van der Waals surface area contributed by atoms with Crippen molar-refractivity contribution in [1.82, 2.24) is 0 Å². The fraction of sp³-hybridized carbons (Fsp3) is 1.00. The monoisotopic (exact) mass is 158 g/mol. The fourth-order valence-corrected chi connectivity index (χ4v) is 1.88. The Morgan fingerprint density at radius 3 is 2.36 bits per heavy atom. The second kappa shape index (κ2) is 4.73. The minimum absolute atomic E-state index is 0.0729. The van der Waals surface area contributed by atoms with E-state index in [0.29, 0.717) is 5.92 Å². The van der Waals surface area contributed by atoms with Crippen LogP contribution in [0.4, 0.5) is 0 Å². The maximum Gasteiger partial charge on any atom is 0.0773 e. The quantitative estimate of drug-likeness (QED) is 0.650. The van der Waals surface area contributed by atoms with E-state index in [1.54, 1.807) is 0 Å². The summed E-state index contributed by atoms with van der Waals surface area (Å²) >= 11 is 0. The zero-order valence-corrected chi connectivity index (χ0v) is 7.00. The molecule has 11 heavy (non-hydrogen) atoms. The van der Waals surface area contributed by atoms with Crippen LogP contribution in [0.3, 0.4) is 0 Å². The maximum absolute atomic E-state index is 9.16. The van der Waals surface area contributed by atoms with Crippen molar-refractivity contribution in [1.29, 1.82) is 0 Å². The predicted octanol–water partition coefficient (Wildman–Crippen LogP) is 1.31. The molecule has 0 amide bonds. The molecule has 0 aromatic rings. The van der Waals surface area contributed by atoms with E-state index in [1.165, 1.54) is 32.1 Å². The molecule has 66 valence electrons. The first-order chi connectivity index (χ1) is 5.33. The lowest BCUT2D eigenvalue weighted by Gasteiger charge is -2.22. The van der Waals surface area contributed by atoms with Crippen LogP contribution in [0.15, 0.2) is 0 Å². The van der Waals surface area contributed by atoms with E-state index in [2.05, 4.69) is 0 Å². The molecule has 1 aliphatic carbocycles. The highest BCUT2D eigenvalue weighted by Crippen LogP contribution is 2.27. The van der Waals surface area contributed by atoms with Gasteiger partial charge in [0.25, 0.3) is 0 Å². The molecule has 0 aromatic heterocycles. The standard InChI is InChI=1S/C9H18O2/c10-7-9(11)6-8-4-2-1-3-5-8/h8-11H,1-7H2. The average molecular weight is 158 g/mol. The van der Waals surface area contributed by atoms with Crippen LogP contribution in [0.5, 0.6) is 0 Å². The van der Waals surface area contributed by atoms with Gasteiger partial charge in [0, 0.05) is 0 Å². The number of hydrogen-bond acceptors (Lipinski definition) is 2. The second-order valence-corrected chi connectivity index (χ2v) is 3.58. The van der Waals surface area contributed by atoms with Crippen molar-refractivity contribution in [2.75, 3.05) is 6.61 Å². The van der Waals surface area contributed by atoms with Gasteiger partial charge < -0.3 is 10.2 Å². The normalized spacial score (nSPS) is 23.5. The highest BCUT2D eigenvalue weighted by atomic mass is 16.3. The molecule has 2 heteroatoms. The molecule has 2 nitrogen and oxygen atoms in total. The average Bonchev–Trinajstić information content (AvgIpc) is 2.06. The molecular formula is C9H18O2. The van der Waals surface area contributed by atoms with Crippen molar-refractivity contribution in [3.63, 3.8) is 0 Å². The summed E-state index contributed by atoms with van der Waals surface area (Å²) in [6.07, 6.45) is 6.79. The summed E-state index contributed by atoms with van der Waals surface area (Å²) in [4.78, 5) is 0. The highest BCUT2D eigenvalue weighted by molar-refractivity contribution is 4.68. The minimum Gasteiger partial charge on any atom is -0.394 e. The van der Waals surface area contributed by atoms with E-state index in [0.717, 1.165) is 6.42 Å². The van der Waals surface area contributed by atoms with Gasteiger partial charge in [-0.15, -0.1) is 0 Å². The molecule has 2 N–H and O–H groups in total. The lowest BCUT2D eigenvalue weighted by atomic mass is 9.85. The zero-order chi connectivity index (χ0) is 8.10. The van der Waals surface area contributed by atoms with Gasteiger partial charge in [-0.25, -0.2) is 0 Å². The van der Waals surface area contributed by atoms with Gasteiger partial charge >= 0.3 is 0 Å². The van der Waals surface area contributed by atoms with Crippen LogP contribution in [0.25, 0.3) is 0 Å². The minimum atomic E-state index is -0.474. The molecule has 0 bridgehead atoms. The first-order valence-corrected chi connectivity index (χ1v) is 4.62. The number of hydrogen-bond donors (Lipinski definition) is 2. The van der Waals surface area contributed by atoms with Crippen molar-refractivity contribution >= 4 is 0 Å². The molecule has 0 aromatic carbocycles. The van der Waals surface area contributed by atoms with Crippen LogP contribution in [0, 0.1) is 5.92 Å². The van der Waals surface area contributed by atoms with Crippen LogP contribution < -0.4 is 0 Å². The summed E-state index contributed by atoms with van der Waals surface area (Å²) in [5.41, 5.74) is 0. The third-order valence-corrected chi connectivity index (χ3v) is 2.54. The Balaban J connectivity index is 2.13. The van der Waals surface area contributed by atoms with Crippen molar-refractivity contribution in [3.8, 4) is 0 Å². The molecule has 1 aliphatic rings. The molecule has 1 fully saturated rings. The molecule has 0 heterocycles. The van der Waals surface area contributed by atoms with E-state index in [4.69, 9.17) is 10.2 Å². The van der Waals surface area contributed by atoms with Gasteiger partial charge in [0.05, 0.1) is 12.7 Å². The second-order valence-electron chi connectivity index (χ2n) is 3.58. The van der Waals surface area contributed by atoms with Crippen LogP contribution in [-0.2, 0) is 0 Å². The van der Waals surface area contributed by atoms with Gasteiger partial charge in [-0.05, 0) is 12.3 Å². The van der Waals surface area contributed by atoms with E-state index >= 15 is 0 Å². The van der Waals surface area contributed by atoms with Crippen LogP contribution in [-0.4, -0.2) is 22.9 Å². The number of aliphatic hydroxyl groups excluding tert-OH is 2. The summed E-state index contributed by atoms with van der Waals surface area (Å²) in [7, 11) is 0. The molecule has 1 unspecified atom stereocenters. The molecular weight excluding hydrogens is 140 g/mol. The van der Waals surface area contributed by atoms with Gasteiger partial charge in [0.15, 0.2) is 0 Å². The molecule has 1 saturated carbocycles. The van der Waals surface area contributed by atoms with Crippen LogP contribution >= 0.6 is 0 Å². The third kappa shape index (κ3) is 3.21. The van der Waals surface area contributed by atoms with Crippen molar-refractivity contribution < 1.29 is 10.2 Å². The lowest BCUT2D eigenvalue weighted by molar-refractivity contribution is 0.0681. The molecule has 0 spiro atoms. The van der Waals surface area contributed by atoms with Gasteiger partial charge in [0.2, 0.25) is 0 Å². The van der Waals surface area contributed by atoms with Gasteiger partial charge in [0.1, 0.15) is 0 Å². The predicted molar refractivity (Wildman–Crippen MR) is 44.3 cm³/mol. The Morgan fingerprint density at radius 2 is 1.82 bits per heavy atom. The highest BCUT2D eigenvalue weighted by Gasteiger charge is 2.16. The fourth-order valence-electron chi connectivity index (χ4n) is 1.88. The Bertz CT molecular complexity index is 97.7. The molecule has 0 aliphatic heterocycles. The van der Waals surface area contributed by atoms with E-state index in [1.807, 2.05) is 0 Å². The van der Waals surface area contributed by atoms with Crippen LogP contribution in [0.1, 0.15) is 38.5 Å². The van der Waals surface area contributed by atoms with Crippen molar-refractivity contribution in [2.45, 2.75) is 44.6 Å². The Morgan fingerprint density at radius 1 is 1.18 bits per heavy atom. The smallest absolute Gasteiger partial charge is 0.0773 e. The van der Waals surface area contributed by atoms with Crippen molar-refractivity contribution in [3.05, 3.63) is 0 Å². The van der Waals surface area contributed by atoms with E-state index < -0.39 is 6.10 Å². The maximum atomic E-state index is 9.16.